The molecule has 1 unspecified atom stereocenters. The molecule has 0 spiro atoms. The highest BCUT2D eigenvalue weighted by Gasteiger charge is 2.30. The van der Waals surface area contributed by atoms with E-state index >= 15 is 0 Å². The van der Waals surface area contributed by atoms with Gasteiger partial charge in [-0.25, -0.2) is 0 Å². The fourth-order valence-corrected chi connectivity index (χ4v) is 5.20. The van der Waals surface area contributed by atoms with Crippen molar-refractivity contribution in [2.24, 2.45) is 0 Å². The van der Waals surface area contributed by atoms with Crippen LogP contribution in [0.25, 0.3) is 10.9 Å². The second-order valence-electron chi connectivity index (χ2n) is 9.37. The van der Waals surface area contributed by atoms with Crippen LogP contribution in [0.3, 0.4) is 0 Å². The van der Waals surface area contributed by atoms with Gasteiger partial charge in [-0.2, -0.15) is 5.10 Å². The van der Waals surface area contributed by atoms with Crippen LogP contribution in [0.5, 0.6) is 11.5 Å². The van der Waals surface area contributed by atoms with E-state index in [1.54, 1.807) is 14.2 Å². The summed E-state index contributed by atoms with van der Waals surface area (Å²) in [4.78, 5) is 20.4. The van der Waals surface area contributed by atoms with Gasteiger partial charge in [0.05, 0.1) is 34.0 Å². The minimum Gasteiger partial charge on any atom is -0.497 e. The number of aromatic nitrogens is 2. The molecule has 2 fully saturated rings. The molecule has 1 aromatic heterocycles. The summed E-state index contributed by atoms with van der Waals surface area (Å²) < 4.78 is 18.4. The second-order valence-corrected chi connectivity index (χ2v) is 9.37. The molecule has 2 aliphatic rings. The lowest BCUT2D eigenvalue weighted by atomic mass is 10.1. The van der Waals surface area contributed by atoms with Crippen LogP contribution in [0.15, 0.2) is 42.5 Å². The number of benzene rings is 2. The molecule has 3 aromatic rings. The number of carbonyl (C=O) groups is 1. The quantitative estimate of drug-likeness (QED) is 0.501. The average Bonchev–Trinajstić information content (AvgIpc) is 3.31. The number of amides is 1. The third kappa shape index (κ3) is 4.85. The summed E-state index contributed by atoms with van der Waals surface area (Å²) >= 11 is 0. The SMILES string of the molecule is COc1ccc(N2CCN(C(=O)c3nn(CCN4CCOCC4)c4c(OC)cccc34)CC2C)cc1. The molecule has 2 saturated heterocycles. The topological polar surface area (TPSA) is 72.3 Å². The normalized spacial score (nSPS) is 19.0. The highest BCUT2D eigenvalue weighted by molar-refractivity contribution is 6.06. The molecule has 0 radical (unpaired) electrons. The average molecular weight is 494 g/mol. The molecule has 1 amide bonds. The molecule has 3 heterocycles. The van der Waals surface area contributed by atoms with Gasteiger partial charge in [0.1, 0.15) is 17.0 Å². The first-order valence-electron chi connectivity index (χ1n) is 12.6. The lowest BCUT2D eigenvalue weighted by Crippen LogP contribution is -2.53. The number of ether oxygens (including phenoxy) is 3. The first-order chi connectivity index (χ1) is 17.6. The van der Waals surface area contributed by atoms with Crippen LogP contribution in [-0.2, 0) is 11.3 Å². The summed E-state index contributed by atoms with van der Waals surface area (Å²) in [6, 6.07) is 14.1. The number of morpholine rings is 1. The molecule has 0 bridgehead atoms. The number of hydrogen-bond donors (Lipinski definition) is 0. The van der Waals surface area contributed by atoms with Crippen molar-refractivity contribution in [1.82, 2.24) is 19.6 Å². The highest BCUT2D eigenvalue weighted by atomic mass is 16.5. The van der Waals surface area contributed by atoms with Gasteiger partial charge in [-0.05, 0) is 37.3 Å². The number of rotatable bonds is 7. The third-order valence-corrected chi connectivity index (χ3v) is 7.21. The molecule has 1 atom stereocenters. The molecule has 9 nitrogen and oxygen atoms in total. The van der Waals surface area contributed by atoms with Crippen molar-refractivity contribution in [1.29, 1.82) is 0 Å². The molecule has 0 saturated carbocycles. The molecule has 36 heavy (non-hydrogen) atoms. The van der Waals surface area contributed by atoms with Gasteiger partial charge in [-0.1, -0.05) is 12.1 Å². The maximum atomic E-state index is 13.8. The van der Waals surface area contributed by atoms with Gasteiger partial charge in [0.2, 0.25) is 0 Å². The van der Waals surface area contributed by atoms with Gasteiger partial charge < -0.3 is 24.0 Å². The van der Waals surface area contributed by atoms with Crippen molar-refractivity contribution >= 4 is 22.5 Å². The Labute approximate surface area is 212 Å². The van der Waals surface area contributed by atoms with Crippen LogP contribution < -0.4 is 14.4 Å². The maximum absolute atomic E-state index is 13.8. The van der Waals surface area contributed by atoms with Gasteiger partial charge in [0, 0.05) is 56.4 Å². The van der Waals surface area contributed by atoms with E-state index in [0.29, 0.717) is 25.3 Å². The fraction of sp³-hybridized carbons (Fsp3) is 0.481. The largest absolute Gasteiger partial charge is 0.497 e. The predicted octanol–water partition coefficient (Wildman–Crippen LogP) is 2.74. The van der Waals surface area contributed by atoms with Crippen LogP contribution in [0.2, 0.25) is 0 Å². The summed E-state index contributed by atoms with van der Waals surface area (Å²) in [5.41, 5.74) is 2.51. The fourth-order valence-electron chi connectivity index (χ4n) is 5.20. The molecular formula is C27H35N5O4. The van der Waals surface area contributed by atoms with E-state index in [1.165, 1.54) is 0 Å². The number of methoxy groups -OCH3 is 2. The van der Waals surface area contributed by atoms with E-state index in [-0.39, 0.29) is 11.9 Å². The first kappa shape index (κ1) is 24.4. The Morgan fingerprint density at radius 3 is 2.47 bits per heavy atom. The van der Waals surface area contributed by atoms with Crippen LogP contribution in [0, 0.1) is 0 Å². The number of piperazine rings is 1. The van der Waals surface area contributed by atoms with E-state index in [4.69, 9.17) is 19.3 Å². The van der Waals surface area contributed by atoms with Gasteiger partial charge in [0.15, 0.2) is 5.69 Å². The van der Waals surface area contributed by atoms with Gasteiger partial charge in [-0.3, -0.25) is 14.4 Å². The smallest absolute Gasteiger partial charge is 0.275 e. The zero-order valence-corrected chi connectivity index (χ0v) is 21.4. The molecule has 9 heteroatoms. The van der Waals surface area contributed by atoms with Crippen LogP contribution in [-0.4, -0.2) is 98.2 Å². The monoisotopic (exact) mass is 493 g/mol. The summed E-state index contributed by atoms with van der Waals surface area (Å²) in [5, 5.41) is 5.68. The number of carbonyl (C=O) groups excluding carboxylic acids is 1. The van der Waals surface area contributed by atoms with E-state index < -0.39 is 0 Å². The molecule has 2 aliphatic heterocycles. The van der Waals surface area contributed by atoms with Gasteiger partial charge >= 0.3 is 0 Å². The standard InChI is InChI=1S/C27H35N5O4/c1-20-19-30(12-13-31(20)21-7-9-22(34-2)10-8-21)27(33)25-23-5-4-6-24(35-3)26(23)32(28-25)14-11-29-15-17-36-18-16-29/h4-10,20H,11-19H2,1-3H3. The number of nitrogens with zero attached hydrogens (tertiary/aromatic N) is 5. The van der Waals surface area contributed by atoms with Crippen molar-refractivity contribution in [3.8, 4) is 11.5 Å². The Kier molecular flexibility index (Phi) is 7.29. The Morgan fingerprint density at radius 2 is 1.78 bits per heavy atom. The lowest BCUT2D eigenvalue weighted by Gasteiger charge is -2.41. The molecule has 192 valence electrons. The zero-order chi connectivity index (χ0) is 25.1. The van der Waals surface area contributed by atoms with E-state index in [2.05, 4.69) is 28.9 Å². The van der Waals surface area contributed by atoms with Gasteiger partial charge in [0.25, 0.3) is 5.91 Å². The summed E-state index contributed by atoms with van der Waals surface area (Å²) in [6.45, 7) is 9.08. The minimum atomic E-state index is -0.0281. The van der Waals surface area contributed by atoms with Gasteiger partial charge in [-0.15, -0.1) is 0 Å². The van der Waals surface area contributed by atoms with Crippen molar-refractivity contribution in [2.45, 2.75) is 19.5 Å². The molecule has 2 aromatic carbocycles. The van der Waals surface area contributed by atoms with Crippen molar-refractivity contribution < 1.29 is 19.0 Å². The van der Waals surface area contributed by atoms with Crippen LogP contribution in [0.1, 0.15) is 17.4 Å². The number of para-hydroxylation sites is 1. The summed E-state index contributed by atoms with van der Waals surface area (Å²) in [7, 11) is 3.33. The lowest BCUT2D eigenvalue weighted by molar-refractivity contribution is 0.0361. The molecule has 5 rings (SSSR count). The molecule has 0 N–H and O–H groups in total. The minimum absolute atomic E-state index is 0.0281. The van der Waals surface area contributed by atoms with E-state index in [9.17, 15) is 4.79 Å². The molecular weight excluding hydrogens is 458 g/mol. The Bertz CT molecular complexity index is 1190. The number of fused-ring (bicyclic) bond motifs is 1. The Morgan fingerprint density at radius 1 is 1.00 bits per heavy atom. The second kappa shape index (κ2) is 10.8. The summed E-state index contributed by atoms with van der Waals surface area (Å²) in [5.74, 6) is 1.55. The van der Waals surface area contributed by atoms with Crippen molar-refractivity contribution in [3.63, 3.8) is 0 Å². The Balaban J connectivity index is 1.35. The predicted molar refractivity (Wildman–Crippen MR) is 139 cm³/mol. The first-order valence-corrected chi connectivity index (χ1v) is 12.6. The van der Waals surface area contributed by atoms with Crippen molar-refractivity contribution in [2.75, 3.05) is 71.6 Å². The van der Waals surface area contributed by atoms with E-state index in [1.807, 2.05) is 39.9 Å². The van der Waals surface area contributed by atoms with E-state index in [0.717, 1.165) is 67.5 Å². The maximum Gasteiger partial charge on any atom is 0.275 e. The number of hydrogen-bond acceptors (Lipinski definition) is 7. The highest BCUT2D eigenvalue weighted by Crippen LogP contribution is 2.30. The van der Waals surface area contributed by atoms with Crippen LogP contribution >= 0.6 is 0 Å². The van der Waals surface area contributed by atoms with Crippen molar-refractivity contribution in [3.05, 3.63) is 48.2 Å². The Hall–Kier alpha value is -3.30. The molecule has 0 aliphatic carbocycles. The number of anilines is 1. The van der Waals surface area contributed by atoms with Crippen LogP contribution in [0.4, 0.5) is 5.69 Å². The third-order valence-electron chi connectivity index (χ3n) is 7.21. The summed E-state index contributed by atoms with van der Waals surface area (Å²) in [6.07, 6.45) is 0. The zero-order valence-electron chi connectivity index (χ0n) is 21.4.